The van der Waals surface area contributed by atoms with Crippen LogP contribution in [0, 0.1) is 0 Å². The van der Waals surface area contributed by atoms with Crippen LogP contribution in [0.15, 0.2) is 29.2 Å². The van der Waals surface area contributed by atoms with E-state index in [4.69, 9.17) is 0 Å². The lowest BCUT2D eigenvalue weighted by atomic mass is 10.1. The minimum absolute atomic E-state index is 0.0720. The van der Waals surface area contributed by atoms with Crippen molar-refractivity contribution in [1.29, 1.82) is 0 Å². The third-order valence-corrected chi connectivity index (χ3v) is 3.52. The zero-order valence-corrected chi connectivity index (χ0v) is 11.4. The molecular weight excluding hydrogens is 259 g/mol. The quantitative estimate of drug-likeness (QED) is 0.773. The Bertz CT molecular complexity index is 365. The smallest absolute Gasteiger partial charge is 0.310 e. The van der Waals surface area contributed by atoms with Crippen molar-refractivity contribution in [3.8, 4) is 0 Å². The predicted octanol–water partition coefficient (Wildman–Crippen LogP) is 4.40. The highest BCUT2D eigenvalue weighted by molar-refractivity contribution is 7.99. The van der Waals surface area contributed by atoms with Gasteiger partial charge in [0.15, 0.2) is 0 Å². The number of rotatable bonds is 6. The summed E-state index contributed by atoms with van der Waals surface area (Å²) < 4.78 is 36.1. The van der Waals surface area contributed by atoms with Gasteiger partial charge in [-0.25, -0.2) is 0 Å². The molecule has 1 atom stereocenters. The van der Waals surface area contributed by atoms with Gasteiger partial charge in [-0.15, -0.1) is 11.8 Å². The molecule has 18 heavy (non-hydrogen) atoms. The second-order valence-electron chi connectivity index (χ2n) is 4.07. The van der Waals surface area contributed by atoms with Gasteiger partial charge in [0.05, 0.1) is 6.42 Å². The van der Waals surface area contributed by atoms with Gasteiger partial charge in [-0.3, -0.25) is 0 Å². The van der Waals surface area contributed by atoms with Crippen LogP contribution in [0.1, 0.15) is 31.9 Å². The van der Waals surface area contributed by atoms with E-state index < -0.39 is 12.6 Å². The third-order valence-electron chi connectivity index (χ3n) is 2.52. The second kappa shape index (κ2) is 7.04. The Morgan fingerprint density at radius 2 is 2.06 bits per heavy atom. The monoisotopic (exact) mass is 277 g/mol. The molecule has 0 amide bonds. The molecule has 1 nitrogen and oxygen atoms in total. The number of nitrogens with one attached hydrogen (secondary N) is 1. The minimum atomic E-state index is -4.07. The molecule has 1 aromatic rings. The normalized spacial score (nSPS) is 13.6. The second-order valence-corrected chi connectivity index (χ2v) is 5.23. The standard InChI is InChI=1S/C13H18F3NS/c1-3-17-10(2)11-5-4-6-12(9-11)18-8-7-13(14,15)16/h4-6,9-10,17H,3,7-8H2,1-2H3. The molecule has 0 radical (unpaired) electrons. The number of halogens is 3. The first-order valence-corrected chi connectivity index (χ1v) is 6.94. The van der Waals surface area contributed by atoms with Crippen LogP contribution >= 0.6 is 11.8 Å². The molecule has 5 heteroatoms. The Balaban J connectivity index is 2.54. The van der Waals surface area contributed by atoms with Crippen LogP contribution < -0.4 is 5.32 Å². The summed E-state index contributed by atoms with van der Waals surface area (Å²) >= 11 is 1.25. The molecular formula is C13H18F3NS. The van der Waals surface area contributed by atoms with Gasteiger partial charge >= 0.3 is 6.18 Å². The van der Waals surface area contributed by atoms with Crippen molar-refractivity contribution in [1.82, 2.24) is 5.32 Å². The first-order chi connectivity index (χ1) is 8.42. The molecule has 0 saturated carbocycles. The number of thioether (sulfide) groups is 1. The maximum Gasteiger partial charge on any atom is 0.389 e. The lowest BCUT2D eigenvalue weighted by molar-refractivity contribution is -0.129. The molecule has 0 bridgehead atoms. The van der Waals surface area contributed by atoms with Crippen LogP contribution in [0.2, 0.25) is 0 Å². The lowest BCUT2D eigenvalue weighted by Gasteiger charge is -2.14. The zero-order valence-electron chi connectivity index (χ0n) is 10.6. The van der Waals surface area contributed by atoms with E-state index in [9.17, 15) is 13.2 Å². The van der Waals surface area contributed by atoms with Crippen LogP contribution in [0.25, 0.3) is 0 Å². The molecule has 0 heterocycles. The first kappa shape index (κ1) is 15.4. The molecule has 0 saturated heterocycles. The van der Waals surface area contributed by atoms with Crippen LogP contribution in [0.4, 0.5) is 13.2 Å². The summed E-state index contributed by atoms with van der Waals surface area (Å²) in [5.74, 6) is 0.0720. The Kier molecular flexibility index (Phi) is 6.02. The fourth-order valence-corrected chi connectivity index (χ4v) is 2.55. The van der Waals surface area contributed by atoms with E-state index in [0.29, 0.717) is 0 Å². The molecule has 0 aliphatic rings. The summed E-state index contributed by atoms with van der Waals surface area (Å²) in [6, 6.07) is 7.90. The SMILES string of the molecule is CCNC(C)c1cccc(SCCC(F)(F)F)c1. The molecule has 0 spiro atoms. The third kappa shape index (κ3) is 5.78. The maximum absolute atomic E-state index is 12.0. The van der Waals surface area contributed by atoms with Crippen LogP contribution in [0.5, 0.6) is 0 Å². The van der Waals surface area contributed by atoms with E-state index in [1.165, 1.54) is 11.8 Å². The van der Waals surface area contributed by atoms with E-state index in [2.05, 4.69) is 5.32 Å². The fourth-order valence-electron chi connectivity index (χ4n) is 1.58. The molecule has 102 valence electrons. The van der Waals surface area contributed by atoms with Crippen molar-refractivity contribution in [3.63, 3.8) is 0 Å². The molecule has 0 aliphatic heterocycles. The Labute approximate surface area is 110 Å². The van der Waals surface area contributed by atoms with Gasteiger partial charge < -0.3 is 5.32 Å². The average Bonchev–Trinajstić information content (AvgIpc) is 2.28. The summed E-state index contributed by atoms with van der Waals surface area (Å²) in [5, 5.41) is 3.28. The number of alkyl halides is 3. The van der Waals surface area contributed by atoms with Gasteiger partial charge in [-0.2, -0.15) is 13.2 Å². The van der Waals surface area contributed by atoms with Crippen molar-refractivity contribution in [2.24, 2.45) is 0 Å². The van der Waals surface area contributed by atoms with Crippen molar-refractivity contribution in [2.75, 3.05) is 12.3 Å². The summed E-state index contributed by atoms with van der Waals surface area (Å²) in [6.45, 7) is 4.94. The van der Waals surface area contributed by atoms with Crippen LogP contribution in [-0.2, 0) is 0 Å². The van der Waals surface area contributed by atoms with Crippen molar-refractivity contribution in [2.45, 2.75) is 37.4 Å². The lowest BCUT2D eigenvalue weighted by Crippen LogP contribution is -2.17. The van der Waals surface area contributed by atoms with Crippen LogP contribution in [0.3, 0.4) is 0 Å². The zero-order chi connectivity index (χ0) is 13.6. The van der Waals surface area contributed by atoms with E-state index in [0.717, 1.165) is 17.0 Å². The molecule has 0 aromatic heterocycles. The fraction of sp³-hybridized carbons (Fsp3) is 0.538. The highest BCUT2D eigenvalue weighted by Crippen LogP contribution is 2.27. The van der Waals surface area contributed by atoms with Crippen molar-refractivity contribution >= 4 is 11.8 Å². The highest BCUT2D eigenvalue weighted by Gasteiger charge is 2.26. The van der Waals surface area contributed by atoms with E-state index >= 15 is 0 Å². The van der Waals surface area contributed by atoms with Gasteiger partial charge in [0.1, 0.15) is 0 Å². The summed E-state index contributed by atoms with van der Waals surface area (Å²) in [4.78, 5) is 0.890. The Morgan fingerprint density at radius 1 is 1.33 bits per heavy atom. The van der Waals surface area contributed by atoms with Gasteiger partial charge in [-0.1, -0.05) is 19.1 Å². The Morgan fingerprint density at radius 3 is 2.67 bits per heavy atom. The molecule has 0 fully saturated rings. The van der Waals surface area contributed by atoms with Gasteiger partial charge in [0, 0.05) is 16.7 Å². The van der Waals surface area contributed by atoms with E-state index in [1.54, 1.807) is 0 Å². The summed E-state index contributed by atoms with van der Waals surface area (Å²) in [5.41, 5.74) is 1.11. The number of benzene rings is 1. The molecule has 0 aliphatic carbocycles. The highest BCUT2D eigenvalue weighted by atomic mass is 32.2. The summed E-state index contributed by atoms with van der Waals surface area (Å²) in [6.07, 6.45) is -4.81. The topological polar surface area (TPSA) is 12.0 Å². The number of hydrogen-bond donors (Lipinski definition) is 1. The van der Waals surface area contributed by atoms with E-state index in [-0.39, 0.29) is 11.8 Å². The van der Waals surface area contributed by atoms with Crippen LogP contribution in [-0.4, -0.2) is 18.5 Å². The van der Waals surface area contributed by atoms with Gasteiger partial charge in [-0.05, 0) is 31.2 Å². The van der Waals surface area contributed by atoms with Gasteiger partial charge in [0.2, 0.25) is 0 Å². The van der Waals surface area contributed by atoms with E-state index in [1.807, 2.05) is 38.1 Å². The minimum Gasteiger partial charge on any atom is -0.310 e. The maximum atomic E-state index is 12.0. The molecule has 1 rings (SSSR count). The Hall–Kier alpha value is -0.680. The molecule has 1 unspecified atom stereocenters. The predicted molar refractivity (Wildman–Crippen MR) is 69.9 cm³/mol. The van der Waals surface area contributed by atoms with Gasteiger partial charge in [0.25, 0.3) is 0 Å². The molecule has 1 N–H and O–H groups in total. The average molecular weight is 277 g/mol. The van der Waals surface area contributed by atoms with Crippen molar-refractivity contribution in [3.05, 3.63) is 29.8 Å². The summed E-state index contributed by atoms with van der Waals surface area (Å²) in [7, 11) is 0. The largest absolute Gasteiger partial charge is 0.389 e. The number of hydrogen-bond acceptors (Lipinski definition) is 2. The molecule has 1 aromatic carbocycles. The van der Waals surface area contributed by atoms with Crippen molar-refractivity contribution < 1.29 is 13.2 Å². The first-order valence-electron chi connectivity index (χ1n) is 5.95.